The summed E-state index contributed by atoms with van der Waals surface area (Å²) in [5.74, 6) is 2.08. The average Bonchev–Trinajstić information content (AvgIpc) is 2.58. The zero-order chi connectivity index (χ0) is 20.1. The first-order valence-electron chi connectivity index (χ1n) is 9.97. The molecular weight excluding hydrogens is 398 g/mol. The third kappa shape index (κ3) is 3.96. The molecule has 1 aromatic carbocycles. The summed E-state index contributed by atoms with van der Waals surface area (Å²) < 4.78 is 28.7. The van der Waals surface area contributed by atoms with Gasteiger partial charge in [0.15, 0.2) is 5.60 Å². The van der Waals surface area contributed by atoms with Gasteiger partial charge < -0.3 is 14.6 Å². The first-order chi connectivity index (χ1) is 13.2. The molecule has 0 heterocycles. The Morgan fingerprint density at radius 3 is 2.43 bits per heavy atom. The van der Waals surface area contributed by atoms with Crippen LogP contribution in [-0.2, 0) is 15.9 Å². The van der Waals surface area contributed by atoms with Gasteiger partial charge in [-0.1, -0.05) is 22.7 Å². The van der Waals surface area contributed by atoms with Gasteiger partial charge in [-0.15, -0.1) is 0 Å². The molecule has 5 nitrogen and oxygen atoms in total. The molecule has 3 atom stereocenters. The van der Waals surface area contributed by atoms with Crippen molar-refractivity contribution in [3.05, 3.63) is 29.3 Å². The largest absolute Gasteiger partial charge is 0.772 e. The Bertz CT molecular complexity index is 765. The van der Waals surface area contributed by atoms with E-state index in [9.17, 15) is 13.6 Å². The molecule has 1 N–H and O–H groups in total. The van der Waals surface area contributed by atoms with E-state index < -0.39 is 16.7 Å². The Morgan fingerprint density at radius 1 is 1.25 bits per heavy atom. The Kier molecular flexibility index (Phi) is 5.26. The minimum absolute atomic E-state index is 0.0698. The van der Waals surface area contributed by atoms with E-state index in [0.29, 0.717) is 28.5 Å². The molecule has 4 bridgehead atoms. The highest BCUT2D eigenvalue weighted by molar-refractivity contribution is 7.79. The Labute approximate surface area is 173 Å². The molecule has 4 aliphatic rings. The van der Waals surface area contributed by atoms with Crippen LogP contribution in [0.15, 0.2) is 24.3 Å². The number of hydrogen-bond donors (Lipinski definition) is 1. The van der Waals surface area contributed by atoms with Crippen molar-refractivity contribution in [3.63, 3.8) is 0 Å². The lowest BCUT2D eigenvalue weighted by Gasteiger charge is -2.60. The quantitative estimate of drug-likeness (QED) is 0.706. The molecule has 0 aromatic heterocycles. The normalized spacial score (nSPS) is 34.9. The summed E-state index contributed by atoms with van der Waals surface area (Å²) >= 11 is 3.91. The number of amides is 1. The highest BCUT2D eigenvalue weighted by Crippen LogP contribution is 2.60. The summed E-state index contributed by atoms with van der Waals surface area (Å²) in [6, 6.07) is 7.11. The van der Waals surface area contributed by atoms with Gasteiger partial charge in [0.2, 0.25) is 0 Å². The van der Waals surface area contributed by atoms with E-state index in [-0.39, 0.29) is 23.1 Å². The average molecular weight is 425 g/mol. The summed E-state index contributed by atoms with van der Waals surface area (Å²) in [5.41, 5.74) is -1.07. The van der Waals surface area contributed by atoms with E-state index in [1.807, 2.05) is 0 Å². The lowest BCUT2D eigenvalue weighted by Crippen LogP contribution is -2.62. The Morgan fingerprint density at radius 2 is 1.86 bits per heavy atom. The van der Waals surface area contributed by atoms with Crippen molar-refractivity contribution in [3.8, 4) is 5.75 Å². The molecule has 1 amide bonds. The molecule has 0 saturated heterocycles. The maximum atomic E-state index is 13.0. The minimum atomic E-state index is -2.00. The third-order valence-electron chi connectivity index (χ3n) is 6.86. The van der Waals surface area contributed by atoms with E-state index in [1.165, 1.54) is 0 Å². The van der Waals surface area contributed by atoms with Crippen LogP contribution in [0.4, 0.5) is 0 Å². The van der Waals surface area contributed by atoms with Gasteiger partial charge in [-0.2, -0.15) is 0 Å². The van der Waals surface area contributed by atoms with Crippen molar-refractivity contribution >= 4 is 28.6 Å². The maximum Gasteiger partial charge on any atom is 0.263 e. The van der Waals surface area contributed by atoms with Gasteiger partial charge in [-0.05, 0) is 93.4 Å². The molecule has 0 aliphatic heterocycles. The predicted octanol–water partition coefficient (Wildman–Crippen LogP) is 3.69. The fraction of sp³-hybridized carbons (Fsp3) is 0.667. The Hall–Kier alpha value is -1.11. The van der Waals surface area contributed by atoms with Crippen LogP contribution >= 0.6 is 11.6 Å². The highest BCUT2D eigenvalue weighted by atomic mass is 35.5. The van der Waals surface area contributed by atoms with Crippen LogP contribution in [0.2, 0.25) is 5.02 Å². The molecule has 4 saturated carbocycles. The van der Waals surface area contributed by atoms with E-state index in [0.717, 1.165) is 32.1 Å². The summed E-state index contributed by atoms with van der Waals surface area (Å²) in [7, 11) is 0. The lowest BCUT2D eigenvalue weighted by molar-refractivity contribution is -0.140. The van der Waals surface area contributed by atoms with Crippen LogP contribution in [-0.4, -0.2) is 32.1 Å². The van der Waals surface area contributed by atoms with Crippen molar-refractivity contribution in [1.82, 2.24) is 5.32 Å². The van der Waals surface area contributed by atoms with Gasteiger partial charge in [-0.25, -0.2) is 0 Å². The first kappa shape index (κ1) is 20.2. The number of halogens is 1. The molecule has 4 aliphatic carbocycles. The van der Waals surface area contributed by atoms with Gasteiger partial charge in [0.05, 0.1) is 0 Å². The summed E-state index contributed by atoms with van der Waals surface area (Å²) in [5, 5.41) is 3.88. The van der Waals surface area contributed by atoms with Crippen LogP contribution in [0.1, 0.15) is 46.0 Å². The molecular formula is C21H27ClNO4S-. The molecule has 154 valence electrons. The van der Waals surface area contributed by atoms with E-state index in [1.54, 1.807) is 38.1 Å². The van der Waals surface area contributed by atoms with Crippen LogP contribution in [0.3, 0.4) is 0 Å². The number of benzene rings is 1. The molecule has 4 fully saturated rings. The third-order valence-corrected chi connectivity index (χ3v) is 7.96. The standard InChI is InChI=1S/C21H28ClNO4S/c1-20(2,27-17-5-3-16(22)4-6-17)19(24)23-18-14-7-13-8-15(18)11-21(9-13,10-14)12-28(25)26/h3-6,13-15,18H,7-12H2,1-2H3,(H,23,24)(H,25,26)/p-1. The van der Waals surface area contributed by atoms with Crippen molar-refractivity contribution < 1.29 is 18.3 Å². The van der Waals surface area contributed by atoms with E-state index in [2.05, 4.69) is 5.32 Å². The molecule has 28 heavy (non-hydrogen) atoms. The maximum absolute atomic E-state index is 13.0. The molecule has 1 aromatic rings. The van der Waals surface area contributed by atoms with E-state index in [4.69, 9.17) is 16.3 Å². The van der Waals surface area contributed by atoms with E-state index >= 15 is 0 Å². The zero-order valence-electron chi connectivity index (χ0n) is 16.3. The Balaban J connectivity index is 1.43. The van der Waals surface area contributed by atoms with Crippen molar-refractivity contribution in [2.45, 2.75) is 57.6 Å². The number of rotatable bonds is 6. The fourth-order valence-electron chi connectivity index (χ4n) is 6.02. The number of carbonyl (C=O) groups excluding carboxylic acids is 1. The molecule has 0 radical (unpaired) electrons. The predicted molar refractivity (Wildman–Crippen MR) is 108 cm³/mol. The summed E-state index contributed by atoms with van der Waals surface area (Å²) in [4.78, 5) is 13.0. The second kappa shape index (κ2) is 7.29. The second-order valence-electron chi connectivity index (χ2n) is 9.48. The van der Waals surface area contributed by atoms with Crippen LogP contribution < -0.4 is 10.1 Å². The molecule has 3 unspecified atom stereocenters. The van der Waals surface area contributed by atoms with Crippen molar-refractivity contribution in [1.29, 1.82) is 0 Å². The van der Waals surface area contributed by atoms with Gasteiger partial charge in [0.25, 0.3) is 5.91 Å². The number of ether oxygens (including phenoxy) is 1. The lowest BCUT2D eigenvalue weighted by atomic mass is 9.48. The van der Waals surface area contributed by atoms with Crippen LogP contribution in [0, 0.1) is 23.2 Å². The van der Waals surface area contributed by atoms with Crippen molar-refractivity contribution in [2.75, 3.05) is 5.75 Å². The number of nitrogens with one attached hydrogen (secondary N) is 1. The van der Waals surface area contributed by atoms with Crippen molar-refractivity contribution in [2.24, 2.45) is 23.2 Å². The summed E-state index contributed by atoms with van der Waals surface area (Å²) in [6.07, 6.45) is 5.01. The molecule has 0 spiro atoms. The monoisotopic (exact) mass is 424 g/mol. The van der Waals surface area contributed by atoms with Crippen LogP contribution in [0.25, 0.3) is 0 Å². The number of hydrogen-bond acceptors (Lipinski definition) is 4. The van der Waals surface area contributed by atoms with Gasteiger partial charge in [-0.3, -0.25) is 9.00 Å². The molecule has 5 rings (SSSR count). The SMILES string of the molecule is CC(C)(Oc1ccc(Cl)cc1)C(=O)NC1C2CC3CC1CC(CS(=O)[O-])(C3)C2. The minimum Gasteiger partial charge on any atom is -0.772 e. The molecule has 7 heteroatoms. The fourth-order valence-corrected chi connectivity index (χ4v) is 7.00. The topological polar surface area (TPSA) is 78.5 Å². The van der Waals surface area contributed by atoms with Gasteiger partial charge in [0.1, 0.15) is 5.75 Å². The smallest absolute Gasteiger partial charge is 0.263 e. The van der Waals surface area contributed by atoms with Gasteiger partial charge >= 0.3 is 0 Å². The zero-order valence-corrected chi connectivity index (χ0v) is 17.9. The second-order valence-corrected chi connectivity index (χ2v) is 10.8. The highest BCUT2D eigenvalue weighted by Gasteiger charge is 2.56. The first-order valence-corrected chi connectivity index (χ1v) is 11.6. The number of carbonyl (C=O) groups is 1. The summed E-state index contributed by atoms with van der Waals surface area (Å²) in [6.45, 7) is 3.55. The van der Waals surface area contributed by atoms with Gasteiger partial charge in [0, 0.05) is 16.8 Å². The van der Waals surface area contributed by atoms with Crippen LogP contribution in [0.5, 0.6) is 5.75 Å².